The number of rotatable bonds is 6. The van der Waals surface area contributed by atoms with Gasteiger partial charge in [-0.05, 0) is 45.7 Å². The zero-order valence-electron chi connectivity index (χ0n) is 18.0. The van der Waals surface area contributed by atoms with Crippen LogP contribution in [0, 0.1) is 27.7 Å². The Morgan fingerprint density at radius 2 is 1.79 bits per heavy atom. The number of aryl methyl sites for hydroxylation is 3. The molecule has 0 saturated carbocycles. The van der Waals surface area contributed by atoms with Crippen molar-refractivity contribution in [3.63, 3.8) is 0 Å². The Morgan fingerprint density at radius 1 is 1.03 bits per heavy atom. The number of para-hydroxylation sites is 1. The lowest BCUT2D eigenvalue weighted by Gasteiger charge is -2.36. The molecule has 0 radical (unpaired) electrons. The fourth-order valence-corrected chi connectivity index (χ4v) is 4.27. The monoisotopic (exact) mass is 394 g/mol. The van der Waals surface area contributed by atoms with Crippen LogP contribution < -0.4 is 4.90 Å². The molecule has 0 saturated heterocycles. The Hall–Kier alpha value is -2.60. The Kier molecular flexibility index (Phi) is 5.46. The van der Waals surface area contributed by atoms with Gasteiger partial charge >= 0.3 is 0 Å². The maximum atomic E-state index is 5.42. The van der Waals surface area contributed by atoms with Crippen LogP contribution in [-0.4, -0.2) is 35.4 Å². The molecule has 0 N–H and O–H groups in total. The van der Waals surface area contributed by atoms with Crippen molar-refractivity contribution in [2.24, 2.45) is 0 Å². The minimum atomic E-state index is 0.483. The molecule has 1 aliphatic heterocycles. The summed E-state index contributed by atoms with van der Waals surface area (Å²) in [5.41, 5.74) is 7.05. The molecule has 1 unspecified atom stereocenters. The van der Waals surface area contributed by atoms with Crippen LogP contribution in [0.4, 0.5) is 5.69 Å². The molecule has 3 aromatic rings. The predicted octanol–water partition coefficient (Wildman–Crippen LogP) is 4.52. The second kappa shape index (κ2) is 8.03. The lowest BCUT2D eigenvalue weighted by atomic mass is 9.89. The predicted molar refractivity (Wildman–Crippen MR) is 113 cm³/mol. The number of hydrogen-bond donors (Lipinski definition) is 0. The highest BCUT2D eigenvalue weighted by molar-refractivity contribution is 5.56. The molecule has 2 aromatic heterocycles. The molecular weight excluding hydrogens is 364 g/mol. The van der Waals surface area contributed by atoms with Gasteiger partial charge in [-0.2, -0.15) is 0 Å². The van der Waals surface area contributed by atoms with Crippen molar-refractivity contribution < 1.29 is 9.05 Å². The molecule has 6 heteroatoms. The van der Waals surface area contributed by atoms with E-state index in [4.69, 9.17) is 9.05 Å². The smallest absolute Gasteiger partial charge is 0.138 e. The van der Waals surface area contributed by atoms with E-state index in [1.165, 1.54) is 16.8 Å². The van der Waals surface area contributed by atoms with Crippen LogP contribution in [0.15, 0.2) is 33.3 Å². The second-order valence-corrected chi connectivity index (χ2v) is 8.25. The fourth-order valence-electron chi connectivity index (χ4n) is 4.27. The molecule has 0 amide bonds. The van der Waals surface area contributed by atoms with Crippen LogP contribution in [0.25, 0.3) is 0 Å². The zero-order chi connectivity index (χ0) is 20.5. The zero-order valence-corrected chi connectivity index (χ0v) is 18.0. The van der Waals surface area contributed by atoms with E-state index in [0.29, 0.717) is 5.92 Å². The van der Waals surface area contributed by atoms with Crippen molar-refractivity contribution in [2.75, 3.05) is 25.0 Å². The van der Waals surface area contributed by atoms with Gasteiger partial charge in [-0.25, -0.2) is 0 Å². The Balaban J connectivity index is 1.62. The minimum absolute atomic E-state index is 0.483. The fraction of sp³-hybridized carbons (Fsp3) is 0.478. The first-order valence-electron chi connectivity index (χ1n) is 10.3. The van der Waals surface area contributed by atoms with Crippen molar-refractivity contribution in [3.8, 4) is 0 Å². The van der Waals surface area contributed by atoms with Gasteiger partial charge in [0.25, 0.3) is 0 Å². The average molecular weight is 395 g/mol. The molecule has 0 fully saturated rings. The average Bonchev–Trinajstić information content (AvgIpc) is 3.20. The summed E-state index contributed by atoms with van der Waals surface area (Å²) in [4.78, 5) is 4.82. The highest BCUT2D eigenvalue weighted by Gasteiger charge is 2.26. The van der Waals surface area contributed by atoms with E-state index in [0.717, 1.165) is 61.1 Å². The number of anilines is 1. The molecule has 1 aromatic carbocycles. The van der Waals surface area contributed by atoms with Gasteiger partial charge in [-0.3, -0.25) is 4.90 Å². The Labute approximate surface area is 172 Å². The molecule has 6 nitrogen and oxygen atoms in total. The number of hydrogen-bond acceptors (Lipinski definition) is 6. The van der Waals surface area contributed by atoms with Crippen LogP contribution in [0.3, 0.4) is 0 Å². The molecule has 3 heterocycles. The van der Waals surface area contributed by atoms with E-state index in [1.807, 2.05) is 20.8 Å². The summed E-state index contributed by atoms with van der Waals surface area (Å²) in [6, 6.07) is 8.77. The standard InChI is InChI=1S/C23H30N4O2/c1-15-17(3)28-25-22(15)14-27(13-21-16(2)24-29-18(21)4)12-19-10-11-26(5)23-9-7-6-8-20(19)23/h6-9,19H,10-14H2,1-5H3. The summed E-state index contributed by atoms with van der Waals surface area (Å²) >= 11 is 0. The van der Waals surface area contributed by atoms with Gasteiger partial charge in [0.15, 0.2) is 0 Å². The van der Waals surface area contributed by atoms with Crippen molar-refractivity contribution in [3.05, 3.63) is 63.9 Å². The van der Waals surface area contributed by atoms with Crippen LogP contribution >= 0.6 is 0 Å². The van der Waals surface area contributed by atoms with Crippen LogP contribution in [0.5, 0.6) is 0 Å². The van der Waals surface area contributed by atoms with Gasteiger partial charge in [0.1, 0.15) is 17.2 Å². The molecular formula is C23H30N4O2. The van der Waals surface area contributed by atoms with E-state index in [-0.39, 0.29) is 0 Å². The van der Waals surface area contributed by atoms with E-state index in [9.17, 15) is 0 Å². The second-order valence-electron chi connectivity index (χ2n) is 8.25. The quantitative estimate of drug-likeness (QED) is 0.613. The first-order chi connectivity index (χ1) is 13.9. The third kappa shape index (κ3) is 3.94. The summed E-state index contributed by atoms with van der Waals surface area (Å²) < 4.78 is 10.8. The lowest BCUT2D eigenvalue weighted by molar-refractivity contribution is 0.225. The number of fused-ring (bicyclic) bond motifs is 1. The summed E-state index contributed by atoms with van der Waals surface area (Å²) in [6.07, 6.45) is 1.14. The van der Waals surface area contributed by atoms with Gasteiger partial charge in [-0.15, -0.1) is 0 Å². The van der Waals surface area contributed by atoms with Crippen LogP contribution in [0.2, 0.25) is 0 Å². The van der Waals surface area contributed by atoms with Crippen molar-refractivity contribution in [1.82, 2.24) is 15.2 Å². The van der Waals surface area contributed by atoms with Crippen molar-refractivity contribution >= 4 is 5.69 Å². The largest absolute Gasteiger partial charge is 0.374 e. The lowest BCUT2D eigenvalue weighted by Crippen LogP contribution is -2.34. The Bertz CT molecular complexity index is 971. The molecule has 4 rings (SSSR count). The molecule has 154 valence electrons. The SMILES string of the molecule is Cc1noc(C)c1CN(Cc1noc(C)c1C)CC1CCN(C)c2ccccc21. The number of benzene rings is 1. The third-order valence-electron chi connectivity index (χ3n) is 6.27. The number of aromatic nitrogens is 2. The molecule has 1 atom stereocenters. The van der Waals surface area contributed by atoms with E-state index < -0.39 is 0 Å². The molecule has 0 aliphatic carbocycles. The minimum Gasteiger partial charge on any atom is -0.374 e. The normalized spacial score (nSPS) is 16.5. The van der Waals surface area contributed by atoms with E-state index in [2.05, 4.69) is 58.4 Å². The molecule has 0 spiro atoms. The summed E-state index contributed by atoms with van der Waals surface area (Å²) in [7, 11) is 2.18. The molecule has 1 aliphatic rings. The number of nitrogens with zero attached hydrogens (tertiary/aromatic N) is 4. The summed E-state index contributed by atoms with van der Waals surface area (Å²) in [6.45, 7) is 11.6. The first-order valence-corrected chi connectivity index (χ1v) is 10.3. The first kappa shape index (κ1) is 19.7. The Morgan fingerprint density at radius 3 is 2.48 bits per heavy atom. The van der Waals surface area contributed by atoms with E-state index in [1.54, 1.807) is 0 Å². The van der Waals surface area contributed by atoms with Gasteiger partial charge in [-0.1, -0.05) is 28.5 Å². The van der Waals surface area contributed by atoms with Gasteiger partial charge < -0.3 is 13.9 Å². The van der Waals surface area contributed by atoms with Crippen molar-refractivity contribution in [1.29, 1.82) is 0 Å². The third-order valence-corrected chi connectivity index (χ3v) is 6.27. The van der Waals surface area contributed by atoms with Crippen molar-refractivity contribution in [2.45, 2.75) is 53.1 Å². The van der Waals surface area contributed by atoms with Gasteiger partial charge in [0.05, 0.1) is 5.69 Å². The van der Waals surface area contributed by atoms with Crippen LogP contribution in [-0.2, 0) is 13.1 Å². The van der Waals surface area contributed by atoms with E-state index >= 15 is 0 Å². The van der Waals surface area contributed by atoms with Crippen LogP contribution in [0.1, 0.15) is 51.9 Å². The highest BCUT2D eigenvalue weighted by atomic mass is 16.5. The molecule has 29 heavy (non-hydrogen) atoms. The van der Waals surface area contributed by atoms with Gasteiger partial charge in [0, 0.05) is 56.0 Å². The maximum absolute atomic E-state index is 5.42. The summed E-state index contributed by atoms with van der Waals surface area (Å²) in [5.74, 6) is 2.27. The highest BCUT2D eigenvalue weighted by Crippen LogP contribution is 2.35. The van der Waals surface area contributed by atoms with Gasteiger partial charge in [0.2, 0.25) is 0 Å². The maximum Gasteiger partial charge on any atom is 0.138 e. The molecule has 0 bridgehead atoms. The summed E-state index contributed by atoms with van der Waals surface area (Å²) in [5, 5.41) is 8.46. The topological polar surface area (TPSA) is 58.5 Å².